The van der Waals surface area contributed by atoms with E-state index in [1.165, 1.54) is 25.1 Å². The lowest BCUT2D eigenvalue weighted by molar-refractivity contribution is -0.386. The van der Waals surface area contributed by atoms with Crippen molar-refractivity contribution in [1.82, 2.24) is 0 Å². The molecule has 2 aromatic carbocycles. The minimum absolute atomic E-state index is 0.0153. The number of amides is 1. The SMILES string of the molecule is Cc1ccc(O[C@@H](C)C(=O)Nc2ccc(F)cc2Cl)c([N+](=O)[O-])c1. The van der Waals surface area contributed by atoms with E-state index in [-0.39, 0.29) is 22.1 Å². The molecule has 0 fully saturated rings. The predicted octanol–water partition coefficient (Wildman–Crippen LogP) is 4.10. The standard InChI is InChI=1S/C16H14ClFN2O4/c1-9-3-6-15(14(7-9)20(22)23)24-10(2)16(21)19-13-5-4-11(18)8-12(13)17/h3-8,10H,1-2H3,(H,19,21)/t10-/m0/s1. The van der Waals surface area contributed by atoms with E-state index < -0.39 is 22.8 Å². The Kier molecular flexibility index (Phi) is 5.35. The molecule has 0 radical (unpaired) electrons. The summed E-state index contributed by atoms with van der Waals surface area (Å²) in [6, 6.07) is 7.96. The lowest BCUT2D eigenvalue weighted by Gasteiger charge is -2.15. The van der Waals surface area contributed by atoms with Crippen molar-refractivity contribution < 1.29 is 18.8 Å². The van der Waals surface area contributed by atoms with Crippen molar-refractivity contribution in [3.63, 3.8) is 0 Å². The Balaban J connectivity index is 2.13. The molecule has 24 heavy (non-hydrogen) atoms. The van der Waals surface area contributed by atoms with E-state index in [2.05, 4.69) is 5.32 Å². The Morgan fingerprint density at radius 3 is 2.67 bits per heavy atom. The molecule has 6 nitrogen and oxygen atoms in total. The number of ether oxygens (including phenoxy) is 1. The summed E-state index contributed by atoms with van der Waals surface area (Å²) in [5.41, 5.74) is 0.690. The molecule has 0 spiro atoms. The van der Waals surface area contributed by atoms with Crippen LogP contribution in [0.25, 0.3) is 0 Å². The van der Waals surface area contributed by atoms with Crippen LogP contribution in [0.1, 0.15) is 12.5 Å². The van der Waals surface area contributed by atoms with Crippen LogP contribution in [0.4, 0.5) is 15.8 Å². The maximum atomic E-state index is 13.0. The van der Waals surface area contributed by atoms with Gasteiger partial charge in [0.05, 0.1) is 15.6 Å². The van der Waals surface area contributed by atoms with Gasteiger partial charge in [0, 0.05) is 6.07 Å². The number of nitro groups is 1. The first-order chi connectivity index (χ1) is 11.3. The number of aryl methyl sites for hydroxylation is 1. The first-order valence-corrected chi connectivity index (χ1v) is 7.33. The van der Waals surface area contributed by atoms with Gasteiger partial charge in [-0.2, -0.15) is 0 Å². The van der Waals surface area contributed by atoms with Crippen LogP contribution in [-0.2, 0) is 4.79 Å². The number of nitrogens with zero attached hydrogens (tertiary/aromatic N) is 1. The van der Waals surface area contributed by atoms with Gasteiger partial charge < -0.3 is 10.1 Å². The van der Waals surface area contributed by atoms with Gasteiger partial charge in [0.15, 0.2) is 11.9 Å². The molecule has 0 bridgehead atoms. The molecule has 1 N–H and O–H groups in total. The molecule has 0 saturated heterocycles. The van der Waals surface area contributed by atoms with E-state index in [0.717, 1.165) is 12.1 Å². The molecule has 2 aromatic rings. The summed E-state index contributed by atoms with van der Waals surface area (Å²) in [6.45, 7) is 3.15. The number of hydrogen-bond donors (Lipinski definition) is 1. The Morgan fingerprint density at radius 1 is 1.33 bits per heavy atom. The number of anilines is 1. The van der Waals surface area contributed by atoms with Gasteiger partial charge in [0.2, 0.25) is 0 Å². The Bertz CT molecular complexity index is 798. The van der Waals surface area contributed by atoms with E-state index in [1.54, 1.807) is 13.0 Å². The largest absolute Gasteiger partial charge is 0.474 e. The molecule has 8 heteroatoms. The van der Waals surface area contributed by atoms with Crippen LogP contribution in [0.2, 0.25) is 5.02 Å². The number of nitrogens with one attached hydrogen (secondary N) is 1. The van der Waals surface area contributed by atoms with Crippen molar-refractivity contribution in [2.24, 2.45) is 0 Å². The number of rotatable bonds is 5. The summed E-state index contributed by atoms with van der Waals surface area (Å²) >= 11 is 5.84. The van der Waals surface area contributed by atoms with Gasteiger partial charge in [-0.25, -0.2) is 4.39 Å². The van der Waals surface area contributed by atoms with Gasteiger partial charge in [0.1, 0.15) is 5.82 Å². The zero-order valence-corrected chi connectivity index (χ0v) is 13.6. The van der Waals surface area contributed by atoms with E-state index in [1.807, 2.05) is 0 Å². The van der Waals surface area contributed by atoms with Crippen LogP contribution >= 0.6 is 11.6 Å². The number of carbonyl (C=O) groups is 1. The van der Waals surface area contributed by atoms with Crippen molar-refractivity contribution in [1.29, 1.82) is 0 Å². The van der Waals surface area contributed by atoms with Crippen LogP contribution in [0.5, 0.6) is 5.75 Å². The molecule has 2 rings (SSSR count). The summed E-state index contributed by atoms with van der Waals surface area (Å²) in [4.78, 5) is 22.6. The second kappa shape index (κ2) is 7.27. The van der Waals surface area contributed by atoms with Crippen LogP contribution in [0, 0.1) is 22.9 Å². The van der Waals surface area contributed by atoms with Gasteiger partial charge in [0.25, 0.3) is 5.91 Å². The maximum Gasteiger partial charge on any atom is 0.311 e. The van der Waals surface area contributed by atoms with Crippen molar-refractivity contribution in [2.75, 3.05) is 5.32 Å². The van der Waals surface area contributed by atoms with Crippen molar-refractivity contribution in [3.05, 3.63) is 62.9 Å². The molecule has 0 aliphatic carbocycles. The Morgan fingerprint density at radius 2 is 2.04 bits per heavy atom. The van der Waals surface area contributed by atoms with Gasteiger partial charge in [-0.15, -0.1) is 0 Å². The topological polar surface area (TPSA) is 81.5 Å². The fraction of sp³-hybridized carbons (Fsp3) is 0.188. The molecule has 0 aromatic heterocycles. The number of nitro benzene ring substituents is 1. The van der Waals surface area contributed by atoms with Crippen molar-refractivity contribution in [2.45, 2.75) is 20.0 Å². The molecule has 0 aliphatic rings. The number of benzene rings is 2. The molecular weight excluding hydrogens is 339 g/mol. The highest BCUT2D eigenvalue weighted by molar-refractivity contribution is 6.33. The third-order valence-electron chi connectivity index (χ3n) is 3.17. The normalized spacial score (nSPS) is 11.7. The second-order valence-corrected chi connectivity index (χ2v) is 5.51. The van der Waals surface area contributed by atoms with Gasteiger partial charge in [-0.05, 0) is 43.7 Å². The van der Waals surface area contributed by atoms with Crippen molar-refractivity contribution >= 4 is 28.9 Å². The van der Waals surface area contributed by atoms with E-state index in [0.29, 0.717) is 5.56 Å². The fourth-order valence-electron chi connectivity index (χ4n) is 1.94. The summed E-state index contributed by atoms with van der Waals surface area (Å²) in [7, 11) is 0. The van der Waals surface area contributed by atoms with Gasteiger partial charge in [-0.3, -0.25) is 14.9 Å². The third-order valence-corrected chi connectivity index (χ3v) is 3.49. The summed E-state index contributed by atoms with van der Waals surface area (Å²) < 4.78 is 18.4. The smallest absolute Gasteiger partial charge is 0.311 e. The molecule has 0 heterocycles. The molecule has 126 valence electrons. The molecule has 0 aliphatic heterocycles. The minimum Gasteiger partial charge on any atom is -0.474 e. The van der Waals surface area contributed by atoms with Crippen LogP contribution < -0.4 is 10.1 Å². The maximum absolute atomic E-state index is 13.0. The van der Waals surface area contributed by atoms with E-state index in [4.69, 9.17) is 16.3 Å². The van der Waals surface area contributed by atoms with Crippen LogP contribution in [0.15, 0.2) is 36.4 Å². The number of hydrogen-bond acceptors (Lipinski definition) is 4. The fourth-order valence-corrected chi connectivity index (χ4v) is 2.15. The highest BCUT2D eigenvalue weighted by Crippen LogP contribution is 2.29. The molecule has 1 atom stereocenters. The monoisotopic (exact) mass is 352 g/mol. The molecule has 0 saturated carbocycles. The summed E-state index contributed by atoms with van der Waals surface area (Å²) in [6.07, 6.45) is -1.02. The summed E-state index contributed by atoms with van der Waals surface area (Å²) in [5.74, 6) is -1.12. The van der Waals surface area contributed by atoms with Gasteiger partial charge in [-0.1, -0.05) is 17.7 Å². The highest BCUT2D eigenvalue weighted by Gasteiger charge is 2.22. The third kappa shape index (κ3) is 4.20. The lowest BCUT2D eigenvalue weighted by atomic mass is 10.2. The van der Waals surface area contributed by atoms with E-state index >= 15 is 0 Å². The van der Waals surface area contributed by atoms with E-state index in [9.17, 15) is 19.3 Å². The number of halogens is 2. The zero-order chi connectivity index (χ0) is 17.9. The second-order valence-electron chi connectivity index (χ2n) is 5.10. The average molecular weight is 353 g/mol. The average Bonchev–Trinajstić information content (AvgIpc) is 2.51. The first-order valence-electron chi connectivity index (χ1n) is 6.95. The Hall–Kier alpha value is -2.67. The molecular formula is C16H14ClFN2O4. The van der Waals surface area contributed by atoms with Gasteiger partial charge >= 0.3 is 5.69 Å². The Labute approximate surface area is 142 Å². The zero-order valence-electron chi connectivity index (χ0n) is 12.9. The van der Waals surface area contributed by atoms with Crippen molar-refractivity contribution in [3.8, 4) is 5.75 Å². The quantitative estimate of drug-likeness (QED) is 0.648. The lowest BCUT2D eigenvalue weighted by Crippen LogP contribution is -2.30. The first kappa shape index (κ1) is 17.7. The predicted molar refractivity (Wildman–Crippen MR) is 88.0 cm³/mol. The van der Waals surface area contributed by atoms with Crippen LogP contribution in [0.3, 0.4) is 0 Å². The summed E-state index contributed by atoms with van der Waals surface area (Å²) in [5, 5.41) is 13.6. The highest BCUT2D eigenvalue weighted by atomic mass is 35.5. The number of carbonyl (C=O) groups excluding carboxylic acids is 1. The molecule has 1 amide bonds. The van der Waals surface area contributed by atoms with Crippen LogP contribution in [-0.4, -0.2) is 16.9 Å². The minimum atomic E-state index is -1.02. The molecule has 0 unspecified atom stereocenters.